The lowest BCUT2D eigenvalue weighted by atomic mass is 10.2. The lowest BCUT2D eigenvalue weighted by Crippen LogP contribution is -2.27. The highest BCUT2D eigenvalue weighted by molar-refractivity contribution is 5.50. The molecule has 1 aromatic rings. The molecule has 15 heavy (non-hydrogen) atoms. The third kappa shape index (κ3) is 3.49. The Morgan fingerprint density at radius 3 is 2.73 bits per heavy atom. The molecule has 0 aliphatic heterocycles. The molecular formula is C11H14N2O2. The zero-order valence-corrected chi connectivity index (χ0v) is 8.43. The number of phenols is 1. The normalized spacial score (nSPS) is 9.60. The van der Waals surface area contributed by atoms with Crippen molar-refractivity contribution in [2.45, 2.75) is 6.42 Å². The maximum Gasteiger partial charge on any atom is 0.117 e. The number of benzene rings is 1. The predicted molar refractivity (Wildman–Crippen MR) is 57.6 cm³/mol. The fraction of sp³-hybridized carbons (Fsp3) is 0.364. The van der Waals surface area contributed by atoms with Gasteiger partial charge in [0.1, 0.15) is 5.75 Å². The van der Waals surface area contributed by atoms with Gasteiger partial charge in [0.25, 0.3) is 0 Å². The highest BCUT2D eigenvalue weighted by Gasteiger charge is 2.05. The van der Waals surface area contributed by atoms with Gasteiger partial charge < -0.3 is 15.1 Å². The van der Waals surface area contributed by atoms with Gasteiger partial charge in [-0.25, -0.2) is 0 Å². The summed E-state index contributed by atoms with van der Waals surface area (Å²) < 4.78 is 0. The van der Waals surface area contributed by atoms with E-state index in [1.54, 1.807) is 18.2 Å². The Labute approximate surface area is 89.0 Å². The molecule has 0 bridgehead atoms. The van der Waals surface area contributed by atoms with Gasteiger partial charge >= 0.3 is 0 Å². The zero-order chi connectivity index (χ0) is 11.1. The van der Waals surface area contributed by atoms with Crippen LogP contribution in [0.2, 0.25) is 0 Å². The molecule has 0 aromatic heterocycles. The quantitative estimate of drug-likeness (QED) is 0.757. The van der Waals surface area contributed by atoms with Gasteiger partial charge in [0.2, 0.25) is 0 Å². The fourth-order valence-electron chi connectivity index (χ4n) is 1.37. The highest BCUT2D eigenvalue weighted by Crippen LogP contribution is 2.19. The van der Waals surface area contributed by atoms with E-state index in [0.29, 0.717) is 19.5 Å². The van der Waals surface area contributed by atoms with Crippen molar-refractivity contribution in [1.82, 2.24) is 0 Å². The first kappa shape index (κ1) is 11.3. The summed E-state index contributed by atoms with van der Waals surface area (Å²) in [5.41, 5.74) is 0.819. The molecule has 0 amide bonds. The number of aliphatic hydroxyl groups excluding tert-OH is 1. The summed E-state index contributed by atoms with van der Waals surface area (Å²) in [4.78, 5) is 1.86. The molecular weight excluding hydrogens is 192 g/mol. The van der Waals surface area contributed by atoms with Crippen molar-refractivity contribution in [3.63, 3.8) is 0 Å². The van der Waals surface area contributed by atoms with E-state index in [2.05, 4.69) is 6.07 Å². The minimum absolute atomic E-state index is 0.0289. The first-order valence-electron chi connectivity index (χ1n) is 4.79. The average Bonchev–Trinajstić information content (AvgIpc) is 2.24. The van der Waals surface area contributed by atoms with Crippen molar-refractivity contribution in [2.75, 3.05) is 24.6 Å². The molecule has 1 rings (SSSR count). The van der Waals surface area contributed by atoms with Crippen LogP contribution in [0, 0.1) is 11.3 Å². The van der Waals surface area contributed by atoms with E-state index in [1.807, 2.05) is 11.0 Å². The Kier molecular flexibility index (Phi) is 4.45. The summed E-state index contributed by atoms with van der Waals surface area (Å²) in [5.74, 6) is 0.187. The van der Waals surface area contributed by atoms with Gasteiger partial charge in [-0.1, -0.05) is 6.07 Å². The SMILES string of the molecule is N#CCCN(CCO)c1cccc(O)c1. The molecule has 0 heterocycles. The summed E-state index contributed by atoms with van der Waals surface area (Å²) in [6.45, 7) is 1.05. The van der Waals surface area contributed by atoms with Crippen LogP contribution in [0.1, 0.15) is 6.42 Å². The summed E-state index contributed by atoms with van der Waals surface area (Å²) in [5, 5.41) is 26.7. The van der Waals surface area contributed by atoms with Gasteiger partial charge in [-0.2, -0.15) is 5.26 Å². The second kappa shape index (κ2) is 5.89. The lowest BCUT2D eigenvalue weighted by molar-refractivity contribution is 0.302. The minimum Gasteiger partial charge on any atom is -0.508 e. The van der Waals surface area contributed by atoms with E-state index in [0.717, 1.165) is 5.69 Å². The monoisotopic (exact) mass is 206 g/mol. The molecule has 0 saturated heterocycles. The van der Waals surface area contributed by atoms with Crippen LogP contribution in [-0.2, 0) is 0 Å². The molecule has 0 atom stereocenters. The number of nitrogens with zero attached hydrogens (tertiary/aromatic N) is 2. The van der Waals surface area contributed by atoms with Crippen LogP contribution in [0.4, 0.5) is 5.69 Å². The topological polar surface area (TPSA) is 67.5 Å². The summed E-state index contributed by atoms with van der Waals surface area (Å²) in [6, 6.07) is 8.84. The van der Waals surface area contributed by atoms with E-state index in [9.17, 15) is 5.11 Å². The first-order chi connectivity index (χ1) is 7.27. The first-order valence-corrected chi connectivity index (χ1v) is 4.79. The Bertz CT molecular complexity index is 347. The van der Waals surface area contributed by atoms with Crippen LogP contribution in [0.5, 0.6) is 5.75 Å². The molecule has 0 saturated carbocycles. The van der Waals surface area contributed by atoms with Crippen molar-refractivity contribution in [2.24, 2.45) is 0 Å². The second-order valence-corrected chi connectivity index (χ2v) is 3.14. The fourth-order valence-corrected chi connectivity index (χ4v) is 1.37. The van der Waals surface area contributed by atoms with Crippen LogP contribution in [0.3, 0.4) is 0 Å². The number of nitriles is 1. The van der Waals surface area contributed by atoms with Gasteiger partial charge in [0.05, 0.1) is 19.1 Å². The molecule has 4 heteroatoms. The number of hydrogen-bond acceptors (Lipinski definition) is 4. The van der Waals surface area contributed by atoms with Crippen molar-refractivity contribution in [3.05, 3.63) is 24.3 Å². The zero-order valence-electron chi connectivity index (χ0n) is 8.43. The summed E-state index contributed by atoms with van der Waals surface area (Å²) in [7, 11) is 0. The van der Waals surface area contributed by atoms with Crippen LogP contribution in [0.25, 0.3) is 0 Å². The van der Waals surface area contributed by atoms with Gasteiger partial charge in [-0.3, -0.25) is 0 Å². The number of aromatic hydroxyl groups is 1. The van der Waals surface area contributed by atoms with Crippen LogP contribution in [-0.4, -0.2) is 29.9 Å². The number of anilines is 1. The van der Waals surface area contributed by atoms with Gasteiger partial charge in [0, 0.05) is 24.8 Å². The minimum atomic E-state index is 0.0289. The second-order valence-electron chi connectivity index (χ2n) is 3.14. The Morgan fingerprint density at radius 2 is 2.13 bits per heavy atom. The summed E-state index contributed by atoms with van der Waals surface area (Å²) in [6.07, 6.45) is 0.398. The number of aliphatic hydroxyl groups is 1. The standard InChI is InChI=1S/C11H14N2O2/c12-5-2-6-13(7-8-14)10-3-1-4-11(15)9-10/h1,3-4,9,14-15H,2,6-8H2. The van der Waals surface area contributed by atoms with E-state index in [4.69, 9.17) is 10.4 Å². The predicted octanol–water partition coefficient (Wildman–Crippen LogP) is 1.10. The van der Waals surface area contributed by atoms with Crippen molar-refractivity contribution in [3.8, 4) is 11.8 Å². The Balaban J connectivity index is 2.74. The molecule has 0 radical (unpaired) electrons. The molecule has 0 aliphatic carbocycles. The third-order valence-electron chi connectivity index (χ3n) is 2.06. The number of rotatable bonds is 5. The largest absolute Gasteiger partial charge is 0.508 e. The van der Waals surface area contributed by atoms with E-state index in [-0.39, 0.29) is 12.4 Å². The Hall–Kier alpha value is -1.73. The molecule has 80 valence electrons. The molecule has 0 spiro atoms. The van der Waals surface area contributed by atoms with Crippen LogP contribution in [0.15, 0.2) is 24.3 Å². The highest BCUT2D eigenvalue weighted by atomic mass is 16.3. The smallest absolute Gasteiger partial charge is 0.117 e. The van der Waals surface area contributed by atoms with Crippen molar-refractivity contribution < 1.29 is 10.2 Å². The summed E-state index contributed by atoms with van der Waals surface area (Å²) >= 11 is 0. The number of phenolic OH excluding ortho intramolecular Hbond substituents is 1. The van der Waals surface area contributed by atoms with Crippen molar-refractivity contribution in [1.29, 1.82) is 5.26 Å². The van der Waals surface area contributed by atoms with E-state index >= 15 is 0 Å². The van der Waals surface area contributed by atoms with Crippen LogP contribution >= 0.6 is 0 Å². The molecule has 0 fully saturated rings. The lowest BCUT2D eigenvalue weighted by Gasteiger charge is -2.22. The van der Waals surface area contributed by atoms with Gasteiger partial charge in [0.15, 0.2) is 0 Å². The van der Waals surface area contributed by atoms with Gasteiger partial charge in [-0.05, 0) is 12.1 Å². The van der Waals surface area contributed by atoms with Crippen molar-refractivity contribution >= 4 is 5.69 Å². The van der Waals surface area contributed by atoms with Gasteiger partial charge in [-0.15, -0.1) is 0 Å². The third-order valence-corrected chi connectivity index (χ3v) is 2.06. The van der Waals surface area contributed by atoms with Crippen LogP contribution < -0.4 is 4.90 Å². The molecule has 4 nitrogen and oxygen atoms in total. The average molecular weight is 206 g/mol. The Morgan fingerprint density at radius 1 is 1.33 bits per heavy atom. The molecule has 0 aliphatic rings. The van der Waals surface area contributed by atoms with E-state index < -0.39 is 0 Å². The maximum atomic E-state index is 9.30. The molecule has 0 unspecified atom stereocenters. The van der Waals surface area contributed by atoms with E-state index in [1.165, 1.54) is 0 Å². The maximum absolute atomic E-state index is 9.30. The number of hydrogen-bond donors (Lipinski definition) is 2. The molecule has 1 aromatic carbocycles. The molecule has 2 N–H and O–H groups in total.